The zero-order valence-electron chi connectivity index (χ0n) is 36.6. The zero-order valence-corrected chi connectivity index (χ0v) is 37.5. The second-order valence-corrected chi connectivity index (χ2v) is 17.9. The summed E-state index contributed by atoms with van der Waals surface area (Å²) in [5, 5.41) is 10.9. The Balaban J connectivity index is 0.884. The van der Waals surface area contributed by atoms with Crippen LogP contribution in [0.2, 0.25) is 0 Å². The smallest absolute Gasteiger partial charge is 0.419 e. The highest BCUT2D eigenvalue weighted by Gasteiger charge is 2.39. The van der Waals surface area contributed by atoms with Crippen LogP contribution in [0.15, 0.2) is 66.9 Å². The molecule has 4 aliphatic heterocycles. The number of aromatic nitrogens is 1. The first-order valence-electron chi connectivity index (χ1n) is 22.0. The molecule has 0 saturated carbocycles. The van der Waals surface area contributed by atoms with Crippen molar-refractivity contribution < 1.29 is 32.3 Å². The third-order valence-electron chi connectivity index (χ3n) is 12.7. The van der Waals surface area contributed by atoms with Gasteiger partial charge in [-0.3, -0.25) is 34.4 Å². The van der Waals surface area contributed by atoms with E-state index in [-0.39, 0.29) is 52.1 Å². The lowest BCUT2D eigenvalue weighted by Crippen LogP contribution is -2.53. The predicted octanol–water partition coefficient (Wildman–Crippen LogP) is 7.38. The van der Waals surface area contributed by atoms with Gasteiger partial charge in [0, 0.05) is 82.8 Å². The largest absolute Gasteiger partial charge is 0.489 e. The van der Waals surface area contributed by atoms with Gasteiger partial charge in [-0.05, 0) is 93.6 Å². The van der Waals surface area contributed by atoms with Crippen molar-refractivity contribution in [2.75, 3.05) is 61.8 Å². The topological polar surface area (TPSA) is 134 Å². The summed E-state index contributed by atoms with van der Waals surface area (Å²) in [5.74, 6) is -0.142. The number of para-hydroxylation sites is 1. The van der Waals surface area contributed by atoms with E-state index in [0.29, 0.717) is 36.9 Å². The van der Waals surface area contributed by atoms with Crippen LogP contribution < -0.4 is 30.9 Å². The second kappa shape index (κ2) is 19.0. The molecule has 64 heavy (non-hydrogen) atoms. The molecule has 0 bridgehead atoms. The van der Waals surface area contributed by atoms with E-state index in [1.807, 2.05) is 32.9 Å². The minimum Gasteiger partial charge on any atom is -0.489 e. The Morgan fingerprint density at radius 3 is 2.39 bits per heavy atom. The summed E-state index contributed by atoms with van der Waals surface area (Å²) in [6.07, 6.45) is -1.04. The molecule has 0 spiro atoms. The first kappa shape index (κ1) is 45.2. The number of hydrogen-bond acceptors (Lipinski definition) is 12. The number of alkyl halides is 3. The number of carbonyl (C=O) groups is 3. The summed E-state index contributed by atoms with van der Waals surface area (Å²) in [4.78, 5) is 50.6. The summed E-state index contributed by atoms with van der Waals surface area (Å²) in [6.45, 7) is 13.0. The van der Waals surface area contributed by atoms with E-state index in [1.54, 1.807) is 18.2 Å². The van der Waals surface area contributed by atoms with Crippen LogP contribution in [0.3, 0.4) is 0 Å². The number of benzene rings is 3. The Hall–Kier alpha value is -5.36. The molecule has 2 atom stereocenters. The molecule has 17 heteroatoms. The normalized spacial score (nSPS) is 20.3. The third-order valence-corrected chi connectivity index (χ3v) is 13.3. The zero-order chi connectivity index (χ0) is 45.3. The molecule has 340 valence electrons. The molecule has 4 aromatic rings. The molecule has 3 saturated heterocycles. The van der Waals surface area contributed by atoms with Crippen LogP contribution in [0.4, 0.5) is 41.7 Å². The van der Waals surface area contributed by atoms with Gasteiger partial charge in [-0.25, -0.2) is 4.98 Å². The monoisotopic (exact) mass is 899 g/mol. The molecule has 3 aromatic carbocycles. The number of aryl methyl sites for hydroxylation is 1. The maximum atomic E-state index is 14.2. The summed E-state index contributed by atoms with van der Waals surface area (Å²) < 4.78 is 48.9. The van der Waals surface area contributed by atoms with Crippen LogP contribution in [0.25, 0.3) is 0 Å². The maximum absolute atomic E-state index is 14.2. The highest BCUT2D eigenvalue weighted by atomic mass is 32.1. The lowest BCUT2D eigenvalue weighted by molar-refractivity contribution is -0.138. The molecular formula is C47H56F3N9O4S. The minimum absolute atomic E-state index is 0.170. The molecule has 0 aliphatic carbocycles. The van der Waals surface area contributed by atoms with Gasteiger partial charge in [-0.1, -0.05) is 30.3 Å². The number of imide groups is 1. The third kappa shape index (κ3) is 9.97. The van der Waals surface area contributed by atoms with E-state index in [0.717, 1.165) is 81.7 Å². The molecule has 3 amide bonds. The molecule has 2 unspecified atom stereocenters. The SMILES string of the molecule is CNC(=O)c1ccccc1Nc1cc(Nc2cc(C)c(N3CCN(C4CCN(Cc5ccc6c(c5)CN(C5CCC(=O)NC5=O)C6S)CC4)CC3)cc2OC(C)C)ncc1C(F)(F)F. The molecule has 1 aromatic heterocycles. The highest BCUT2D eigenvalue weighted by molar-refractivity contribution is 7.80. The number of amides is 3. The van der Waals surface area contributed by atoms with E-state index in [4.69, 9.17) is 17.4 Å². The number of nitrogens with one attached hydrogen (secondary N) is 4. The molecular weight excluding hydrogens is 844 g/mol. The van der Waals surface area contributed by atoms with Crippen molar-refractivity contribution in [1.29, 1.82) is 0 Å². The van der Waals surface area contributed by atoms with Gasteiger partial charge in [0.1, 0.15) is 11.6 Å². The van der Waals surface area contributed by atoms with Gasteiger partial charge in [-0.15, -0.1) is 0 Å². The average molecular weight is 900 g/mol. The second-order valence-electron chi connectivity index (χ2n) is 17.4. The van der Waals surface area contributed by atoms with Crippen LogP contribution in [-0.4, -0.2) is 102 Å². The number of piperazine rings is 1. The van der Waals surface area contributed by atoms with Crippen LogP contribution in [0.5, 0.6) is 5.75 Å². The van der Waals surface area contributed by atoms with Crippen LogP contribution in [0.1, 0.15) is 83.1 Å². The number of ether oxygens (including phenoxy) is 1. The van der Waals surface area contributed by atoms with E-state index >= 15 is 0 Å². The molecule has 8 rings (SSSR count). The molecule has 0 radical (unpaired) electrons. The quantitative estimate of drug-likeness (QED) is 0.0721. The van der Waals surface area contributed by atoms with Crippen molar-refractivity contribution in [1.82, 2.24) is 30.3 Å². The minimum atomic E-state index is -4.70. The average Bonchev–Trinajstić information content (AvgIpc) is 3.58. The molecule has 3 fully saturated rings. The van der Waals surface area contributed by atoms with Crippen molar-refractivity contribution in [3.05, 3.63) is 100 Å². The van der Waals surface area contributed by atoms with Crippen molar-refractivity contribution >= 4 is 58.9 Å². The van der Waals surface area contributed by atoms with Crippen LogP contribution in [-0.2, 0) is 28.9 Å². The summed E-state index contributed by atoms with van der Waals surface area (Å²) in [7, 11) is 1.46. The summed E-state index contributed by atoms with van der Waals surface area (Å²) in [5.41, 5.74) is 5.39. The van der Waals surface area contributed by atoms with Crippen molar-refractivity contribution in [3.8, 4) is 5.75 Å². The Morgan fingerprint density at radius 1 is 0.938 bits per heavy atom. The molecule has 4 N–H and O–H groups in total. The fourth-order valence-electron chi connectivity index (χ4n) is 9.44. The number of hydrogen-bond donors (Lipinski definition) is 5. The fourth-order valence-corrected chi connectivity index (χ4v) is 9.94. The van der Waals surface area contributed by atoms with Gasteiger partial charge in [0.05, 0.1) is 45.7 Å². The van der Waals surface area contributed by atoms with Crippen molar-refractivity contribution in [3.63, 3.8) is 0 Å². The van der Waals surface area contributed by atoms with E-state index < -0.39 is 17.6 Å². The first-order chi connectivity index (χ1) is 30.6. The number of thiol groups is 1. The number of nitrogens with zero attached hydrogens (tertiary/aromatic N) is 5. The molecule has 4 aliphatic rings. The number of fused-ring (bicyclic) bond motifs is 1. The van der Waals surface area contributed by atoms with E-state index in [2.05, 4.69) is 64.0 Å². The Morgan fingerprint density at radius 2 is 1.69 bits per heavy atom. The van der Waals surface area contributed by atoms with Gasteiger partial charge in [0.2, 0.25) is 11.8 Å². The van der Waals surface area contributed by atoms with E-state index in [9.17, 15) is 27.6 Å². The number of carbonyl (C=O) groups excluding carboxylic acids is 3. The Labute approximate surface area is 377 Å². The number of halogens is 3. The van der Waals surface area contributed by atoms with Gasteiger partial charge in [-0.2, -0.15) is 25.8 Å². The molecule has 5 heterocycles. The number of likely N-dealkylation sites (tertiary alicyclic amines) is 1. The van der Waals surface area contributed by atoms with Crippen LogP contribution in [0, 0.1) is 6.92 Å². The van der Waals surface area contributed by atoms with Gasteiger partial charge in [0.15, 0.2) is 0 Å². The molecule has 13 nitrogen and oxygen atoms in total. The first-order valence-corrected chi connectivity index (χ1v) is 22.5. The van der Waals surface area contributed by atoms with Gasteiger partial charge >= 0.3 is 6.18 Å². The van der Waals surface area contributed by atoms with Crippen molar-refractivity contribution in [2.24, 2.45) is 0 Å². The van der Waals surface area contributed by atoms with Crippen molar-refractivity contribution in [2.45, 2.75) is 89.3 Å². The number of rotatable bonds is 12. The standard InChI is InChI=1S/C47H56F3N9O4S/c1-28(2)63-41-24-40(29(3)21-38(41)54-42-23-37(35(25-52-42)47(48,49)50)53-36-8-6-5-7-34(36)44(61)51-4)58-19-17-57(18-20-58)32-13-15-56(16-14-32)26-30-9-10-33-31(22-30)27-59(46(33)64)39-11-12-43(60)55-45(39)62/h5-10,21-25,28,32,39,46,64H,11-20,26-27H2,1-4H3,(H,51,61)(H2,52,53,54)(H,55,60,62). The summed E-state index contributed by atoms with van der Waals surface area (Å²) >= 11 is 4.86. The Bertz CT molecular complexity index is 2380. The highest BCUT2D eigenvalue weighted by Crippen LogP contribution is 2.42. The van der Waals surface area contributed by atoms with E-state index in [1.165, 1.54) is 30.3 Å². The maximum Gasteiger partial charge on any atom is 0.419 e. The Kier molecular flexibility index (Phi) is 13.4. The lowest BCUT2D eigenvalue weighted by atomic mass is 10.0. The fraction of sp³-hybridized carbons (Fsp3) is 0.447. The van der Waals surface area contributed by atoms with Gasteiger partial charge < -0.3 is 25.6 Å². The number of anilines is 5. The number of pyridine rings is 1. The summed E-state index contributed by atoms with van der Waals surface area (Å²) in [6, 6.07) is 18.4. The number of piperidine rings is 2. The predicted molar refractivity (Wildman–Crippen MR) is 245 cm³/mol. The van der Waals surface area contributed by atoms with Crippen LogP contribution >= 0.6 is 12.6 Å². The lowest BCUT2D eigenvalue weighted by Gasteiger charge is -2.43. The van der Waals surface area contributed by atoms with Gasteiger partial charge in [0.25, 0.3) is 5.91 Å².